The topological polar surface area (TPSA) is 80.6 Å². The van der Waals surface area contributed by atoms with Gasteiger partial charge in [-0.25, -0.2) is 0 Å². The molecule has 0 saturated heterocycles. The third-order valence-corrected chi connectivity index (χ3v) is 4.49. The highest BCUT2D eigenvalue weighted by Crippen LogP contribution is 2.24. The summed E-state index contributed by atoms with van der Waals surface area (Å²) in [5.74, 6) is 0.174. The number of para-hydroxylation sites is 1. The second-order valence-corrected chi connectivity index (χ2v) is 6.72. The van der Waals surface area contributed by atoms with Crippen LogP contribution in [0.4, 0.5) is 11.4 Å². The van der Waals surface area contributed by atoms with E-state index in [1.165, 1.54) is 6.26 Å². The van der Waals surface area contributed by atoms with Crippen molar-refractivity contribution in [3.8, 4) is 5.75 Å². The van der Waals surface area contributed by atoms with Crippen LogP contribution in [-0.2, 0) is 4.79 Å². The van der Waals surface area contributed by atoms with Crippen molar-refractivity contribution in [2.75, 3.05) is 10.6 Å². The van der Waals surface area contributed by atoms with Gasteiger partial charge >= 0.3 is 0 Å². The average molecular weight is 412 g/mol. The first-order valence-electron chi connectivity index (χ1n) is 9.71. The van der Waals surface area contributed by atoms with Crippen molar-refractivity contribution in [1.82, 2.24) is 0 Å². The molecule has 6 nitrogen and oxygen atoms in total. The molecule has 6 heteroatoms. The van der Waals surface area contributed by atoms with Crippen LogP contribution in [0, 0.1) is 0 Å². The minimum atomic E-state index is -0.818. The number of furan rings is 1. The lowest BCUT2D eigenvalue weighted by Crippen LogP contribution is -2.25. The molecule has 0 fully saturated rings. The largest absolute Gasteiger partial charge is 0.476 e. The smallest absolute Gasteiger partial charge is 0.291 e. The van der Waals surface area contributed by atoms with Gasteiger partial charge < -0.3 is 19.8 Å². The zero-order valence-corrected chi connectivity index (χ0v) is 16.5. The molecule has 0 saturated carbocycles. The third kappa shape index (κ3) is 5.19. The molecule has 0 aliphatic rings. The Labute approximate surface area is 179 Å². The fraction of sp³-hybridized carbons (Fsp3) is 0.0400. The Balaban J connectivity index is 1.46. The number of hydrogen-bond donors (Lipinski definition) is 2. The van der Waals surface area contributed by atoms with Crippen LogP contribution in [0.3, 0.4) is 0 Å². The van der Waals surface area contributed by atoms with Crippen LogP contribution in [0.5, 0.6) is 5.75 Å². The Bertz CT molecular complexity index is 1130. The Morgan fingerprint density at radius 1 is 0.710 bits per heavy atom. The van der Waals surface area contributed by atoms with E-state index in [0.717, 1.165) is 5.56 Å². The Morgan fingerprint density at radius 2 is 1.32 bits per heavy atom. The molecule has 0 bridgehead atoms. The Hall–Kier alpha value is -4.32. The molecule has 3 aromatic carbocycles. The van der Waals surface area contributed by atoms with E-state index in [1.807, 2.05) is 48.5 Å². The number of nitrogens with one attached hydrogen (secondary N) is 2. The average Bonchev–Trinajstić information content (AvgIpc) is 3.35. The fourth-order valence-electron chi connectivity index (χ4n) is 2.98. The van der Waals surface area contributed by atoms with E-state index in [1.54, 1.807) is 48.5 Å². The van der Waals surface area contributed by atoms with Crippen LogP contribution in [0.15, 0.2) is 108 Å². The highest BCUT2D eigenvalue weighted by Gasteiger charge is 2.23. The molecule has 0 spiro atoms. The lowest BCUT2D eigenvalue weighted by Gasteiger charge is -2.19. The van der Waals surface area contributed by atoms with Gasteiger partial charge in [0.05, 0.1) is 6.26 Å². The number of benzene rings is 3. The summed E-state index contributed by atoms with van der Waals surface area (Å²) < 4.78 is 11.1. The third-order valence-electron chi connectivity index (χ3n) is 4.49. The summed E-state index contributed by atoms with van der Waals surface area (Å²) in [5.41, 5.74) is 1.91. The van der Waals surface area contributed by atoms with Gasteiger partial charge in [-0.2, -0.15) is 0 Å². The molecule has 31 heavy (non-hydrogen) atoms. The zero-order valence-electron chi connectivity index (χ0n) is 16.5. The van der Waals surface area contributed by atoms with E-state index in [-0.39, 0.29) is 17.6 Å². The summed E-state index contributed by atoms with van der Waals surface area (Å²) in [6, 6.07) is 28.6. The second-order valence-electron chi connectivity index (χ2n) is 6.72. The van der Waals surface area contributed by atoms with Crippen molar-refractivity contribution in [3.63, 3.8) is 0 Å². The first-order chi connectivity index (χ1) is 15.2. The number of anilines is 2. The van der Waals surface area contributed by atoms with Crippen molar-refractivity contribution in [2.45, 2.75) is 6.10 Å². The van der Waals surface area contributed by atoms with Gasteiger partial charge in [-0.15, -0.1) is 0 Å². The van der Waals surface area contributed by atoms with Gasteiger partial charge in [-0.05, 0) is 48.5 Å². The zero-order chi connectivity index (χ0) is 21.5. The number of carbonyl (C=O) groups is 2. The van der Waals surface area contributed by atoms with E-state index in [4.69, 9.17) is 9.15 Å². The van der Waals surface area contributed by atoms with Gasteiger partial charge in [-0.3, -0.25) is 9.59 Å². The Kier molecular flexibility index (Phi) is 6.09. The van der Waals surface area contributed by atoms with Gasteiger partial charge in [0.1, 0.15) is 5.75 Å². The molecular formula is C25H20N2O4. The first-order valence-corrected chi connectivity index (χ1v) is 9.71. The maximum Gasteiger partial charge on any atom is 0.291 e. The normalized spacial score (nSPS) is 11.4. The molecule has 0 aliphatic carbocycles. The van der Waals surface area contributed by atoms with Crippen LogP contribution in [0.2, 0.25) is 0 Å². The number of rotatable bonds is 7. The van der Waals surface area contributed by atoms with Gasteiger partial charge in [0.2, 0.25) is 6.10 Å². The lowest BCUT2D eigenvalue weighted by atomic mass is 10.1. The minimum Gasteiger partial charge on any atom is -0.476 e. The molecular weight excluding hydrogens is 392 g/mol. The van der Waals surface area contributed by atoms with Gasteiger partial charge in [-0.1, -0.05) is 48.5 Å². The van der Waals surface area contributed by atoms with Crippen LogP contribution >= 0.6 is 0 Å². The predicted molar refractivity (Wildman–Crippen MR) is 118 cm³/mol. The number of hydrogen-bond acceptors (Lipinski definition) is 4. The van der Waals surface area contributed by atoms with E-state index >= 15 is 0 Å². The van der Waals surface area contributed by atoms with E-state index in [0.29, 0.717) is 17.1 Å². The maximum atomic E-state index is 13.0. The molecule has 1 aromatic heterocycles. The summed E-state index contributed by atoms with van der Waals surface area (Å²) in [7, 11) is 0. The maximum absolute atomic E-state index is 13.0. The highest BCUT2D eigenvalue weighted by atomic mass is 16.5. The van der Waals surface area contributed by atoms with Gasteiger partial charge in [0.15, 0.2) is 5.76 Å². The molecule has 1 unspecified atom stereocenters. The SMILES string of the molecule is O=C(Nc1ccc(NC(=O)C(Oc2ccccc2)c2ccccc2)cc1)c1ccco1. The van der Waals surface area contributed by atoms with Crippen molar-refractivity contribution >= 4 is 23.2 Å². The van der Waals surface area contributed by atoms with E-state index < -0.39 is 6.10 Å². The van der Waals surface area contributed by atoms with E-state index in [2.05, 4.69) is 10.6 Å². The first kappa shape index (κ1) is 20.0. The summed E-state index contributed by atoms with van der Waals surface area (Å²) in [5, 5.41) is 5.61. The summed E-state index contributed by atoms with van der Waals surface area (Å²) in [6.07, 6.45) is 0.621. The number of carbonyl (C=O) groups excluding carboxylic acids is 2. The standard InChI is InChI=1S/C25H20N2O4/c28-24(22-12-7-17-30-22)26-19-13-15-20(16-14-19)27-25(29)23(18-8-3-1-4-9-18)31-21-10-5-2-6-11-21/h1-17,23H,(H,26,28)(H,27,29). The van der Waals surface area contributed by atoms with Crippen molar-refractivity contribution < 1.29 is 18.7 Å². The minimum absolute atomic E-state index is 0.223. The molecule has 1 atom stereocenters. The molecule has 4 aromatic rings. The quantitative estimate of drug-likeness (QED) is 0.432. The molecule has 2 N–H and O–H groups in total. The van der Waals surface area contributed by atoms with E-state index in [9.17, 15) is 9.59 Å². The fourth-order valence-corrected chi connectivity index (χ4v) is 2.98. The summed E-state index contributed by atoms with van der Waals surface area (Å²) in [6.45, 7) is 0. The molecule has 4 rings (SSSR count). The van der Waals surface area contributed by atoms with Crippen molar-refractivity contribution in [2.24, 2.45) is 0 Å². The molecule has 1 heterocycles. The predicted octanol–water partition coefficient (Wildman–Crippen LogP) is 5.29. The van der Waals surface area contributed by atoms with Crippen molar-refractivity contribution in [1.29, 1.82) is 0 Å². The monoisotopic (exact) mass is 412 g/mol. The second kappa shape index (κ2) is 9.45. The molecule has 0 aliphatic heterocycles. The molecule has 2 amide bonds. The van der Waals surface area contributed by atoms with Crippen LogP contribution in [-0.4, -0.2) is 11.8 Å². The number of amides is 2. The van der Waals surface area contributed by atoms with Crippen LogP contribution in [0.1, 0.15) is 22.2 Å². The summed E-state index contributed by atoms with van der Waals surface area (Å²) >= 11 is 0. The molecule has 154 valence electrons. The van der Waals surface area contributed by atoms with Gasteiger partial charge in [0, 0.05) is 16.9 Å². The van der Waals surface area contributed by atoms with Gasteiger partial charge in [0.25, 0.3) is 11.8 Å². The Morgan fingerprint density at radius 3 is 1.94 bits per heavy atom. The highest BCUT2D eigenvalue weighted by molar-refractivity contribution is 6.02. The van der Waals surface area contributed by atoms with Crippen LogP contribution in [0.25, 0.3) is 0 Å². The lowest BCUT2D eigenvalue weighted by molar-refractivity contribution is -0.123. The molecule has 0 radical (unpaired) electrons. The number of ether oxygens (including phenoxy) is 1. The summed E-state index contributed by atoms with van der Waals surface area (Å²) in [4.78, 5) is 25.1. The van der Waals surface area contributed by atoms with Crippen LogP contribution < -0.4 is 15.4 Å². The van der Waals surface area contributed by atoms with Crippen molar-refractivity contribution in [3.05, 3.63) is 115 Å².